The van der Waals surface area contributed by atoms with Crippen LogP contribution in [0.5, 0.6) is 0 Å². The fourth-order valence-corrected chi connectivity index (χ4v) is 2.94. The third-order valence-corrected chi connectivity index (χ3v) is 4.16. The highest BCUT2D eigenvalue weighted by atomic mass is 79.9. The average molecular weight is 337 g/mol. The van der Waals surface area contributed by atoms with Crippen LogP contribution in [0, 0.1) is 0 Å². The van der Waals surface area contributed by atoms with Gasteiger partial charge in [0.05, 0.1) is 12.1 Å². The molecular formula is C14H17BrN4O. The predicted molar refractivity (Wildman–Crippen MR) is 79.9 cm³/mol. The summed E-state index contributed by atoms with van der Waals surface area (Å²) >= 11 is 3.49. The molecule has 0 amide bonds. The van der Waals surface area contributed by atoms with Crippen LogP contribution in [0.25, 0.3) is 11.5 Å². The number of nitrogens with two attached hydrogens (primary N) is 1. The smallest absolute Gasteiger partial charge is 0.248 e. The van der Waals surface area contributed by atoms with E-state index in [2.05, 4.69) is 31.0 Å². The van der Waals surface area contributed by atoms with Crippen molar-refractivity contribution in [1.82, 2.24) is 15.1 Å². The van der Waals surface area contributed by atoms with Crippen molar-refractivity contribution in [2.75, 3.05) is 13.1 Å². The number of hydrogen-bond acceptors (Lipinski definition) is 5. The lowest BCUT2D eigenvalue weighted by Gasteiger charge is -2.29. The molecule has 0 bridgehead atoms. The van der Waals surface area contributed by atoms with Crippen molar-refractivity contribution in [3.8, 4) is 11.5 Å². The SMILES string of the molecule is NC1CCCN(Cc2nnc(-c3ccccc3Br)o2)C1. The first-order valence-electron chi connectivity index (χ1n) is 6.77. The number of rotatable bonds is 3. The second kappa shape index (κ2) is 6.03. The van der Waals surface area contributed by atoms with E-state index >= 15 is 0 Å². The van der Waals surface area contributed by atoms with Gasteiger partial charge in [-0.15, -0.1) is 10.2 Å². The zero-order valence-corrected chi connectivity index (χ0v) is 12.7. The molecule has 1 aromatic carbocycles. The first-order valence-corrected chi connectivity index (χ1v) is 7.57. The number of benzene rings is 1. The molecule has 0 radical (unpaired) electrons. The molecule has 2 heterocycles. The van der Waals surface area contributed by atoms with Crippen LogP contribution in [-0.2, 0) is 6.54 Å². The molecule has 1 aliphatic rings. The van der Waals surface area contributed by atoms with Crippen LogP contribution in [0.2, 0.25) is 0 Å². The van der Waals surface area contributed by atoms with Gasteiger partial charge in [0, 0.05) is 17.1 Å². The summed E-state index contributed by atoms with van der Waals surface area (Å²) in [5.74, 6) is 1.19. The first-order chi connectivity index (χ1) is 9.72. The van der Waals surface area contributed by atoms with Crippen LogP contribution in [0.1, 0.15) is 18.7 Å². The highest BCUT2D eigenvalue weighted by Gasteiger charge is 2.19. The van der Waals surface area contributed by atoms with Crippen molar-refractivity contribution in [3.63, 3.8) is 0 Å². The predicted octanol–water partition coefficient (Wildman–Crippen LogP) is 2.42. The van der Waals surface area contributed by atoms with Gasteiger partial charge in [-0.2, -0.15) is 0 Å². The summed E-state index contributed by atoms with van der Waals surface area (Å²) in [4.78, 5) is 2.27. The van der Waals surface area contributed by atoms with E-state index in [0.29, 0.717) is 18.3 Å². The van der Waals surface area contributed by atoms with Gasteiger partial charge in [-0.3, -0.25) is 4.90 Å². The van der Waals surface area contributed by atoms with Gasteiger partial charge in [0.1, 0.15) is 0 Å². The minimum atomic E-state index is 0.259. The second-order valence-corrected chi connectivity index (χ2v) is 5.97. The van der Waals surface area contributed by atoms with Crippen molar-refractivity contribution >= 4 is 15.9 Å². The van der Waals surface area contributed by atoms with Gasteiger partial charge in [0.15, 0.2) is 0 Å². The van der Waals surface area contributed by atoms with E-state index in [0.717, 1.165) is 36.0 Å². The van der Waals surface area contributed by atoms with E-state index in [9.17, 15) is 0 Å². The van der Waals surface area contributed by atoms with Gasteiger partial charge in [0.25, 0.3) is 0 Å². The molecular weight excluding hydrogens is 320 g/mol. The number of nitrogens with zero attached hydrogens (tertiary/aromatic N) is 3. The van der Waals surface area contributed by atoms with Crippen molar-refractivity contribution in [3.05, 3.63) is 34.6 Å². The quantitative estimate of drug-likeness (QED) is 0.932. The Morgan fingerprint density at radius 3 is 3.00 bits per heavy atom. The molecule has 2 aromatic rings. The van der Waals surface area contributed by atoms with E-state index in [1.165, 1.54) is 0 Å². The summed E-state index contributed by atoms with van der Waals surface area (Å²) in [6, 6.07) is 8.09. The van der Waals surface area contributed by atoms with E-state index in [1.54, 1.807) is 0 Å². The summed E-state index contributed by atoms with van der Waals surface area (Å²) in [6.45, 7) is 2.61. The Bertz CT molecular complexity index is 586. The molecule has 20 heavy (non-hydrogen) atoms. The third-order valence-electron chi connectivity index (χ3n) is 3.47. The zero-order chi connectivity index (χ0) is 13.9. The fourth-order valence-electron chi connectivity index (χ4n) is 2.49. The van der Waals surface area contributed by atoms with Crippen LogP contribution in [0.3, 0.4) is 0 Å². The van der Waals surface area contributed by atoms with Crippen molar-refractivity contribution in [1.29, 1.82) is 0 Å². The first kappa shape index (κ1) is 13.7. The molecule has 1 saturated heterocycles. The van der Waals surface area contributed by atoms with Crippen LogP contribution < -0.4 is 5.73 Å². The normalized spacial score (nSPS) is 20.2. The number of aromatic nitrogens is 2. The maximum atomic E-state index is 5.98. The van der Waals surface area contributed by atoms with Gasteiger partial charge in [-0.05, 0) is 47.4 Å². The maximum absolute atomic E-state index is 5.98. The maximum Gasteiger partial charge on any atom is 0.248 e. The van der Waals surface area contributed by atoms with E-state index in [-0.39, 0.29) is 6.04 Å². The Morgan fingerprint density at radius 1 is 1.35 bits per heavy atom. The minimum absolute atomic E-state index is 0.259. The lowest BCUT2D eigenvalue weighted by atomic mass is 10.1. The summed E-state index contributed by atoms with van der Waals surface area (Å²) in [5, 5.41) is 8.26. The molecule has 0 aliphatic carbocycles. The number of likely N-dealkylation sites (tertiary alicyclic amines) is 1. The van der Waals surface area contributed by atoms with Crippen molar-refractivity contribution < 1.29 is 4.42 Å². The molecule has 0 saturated carbocycles. The minimum Gasteiger partial charge on any atom is -0.419 e. The lowest BCUT2D eigenvalue weighted by molar-refractivity contribution is 0.185. The van der Waals surface area contributed by atoms with Crippen molar-refractivity contribution in [2.24, 2.45) is 5.73 Å². The third kappa shape index (κ3) is 3.08. The molecule has 3 rings (SSSR count). The standard InChI is InChI=1S/C14H17BrN4O/c15-12-6-2-1-5-11(12)14-18-17-13(20-14)9-19-7-3-4-10(16)8-19/h1-2,5-6,10H,3-4,7-9,16H2. The van der Waals surface area contributed by atoms with Gasteiger partial charge in [-0.1, -0.05) is 12.1 Å². The molecule has 1 aromatic heterocycles. The van der Waals surface area contributed by atoms with Crippen LogP contribution in [-0.4, -0.2) is 34.2 Å². The van der Waals surface area contributed by atoms with Gasteiger partial charge < -0.3 is 10.2 Å². The number of piperidine rings is 1. The molecule has 106 valence electrons. The lowest BCUT2D eigenvalue weighted by Crippen LogP contribution is -2.42. The van der Waals surface area contributed by atoms with Crippen LogP contribution in [0.15, 0.2) is 33.2 Å². The molecule has 1 aliphatic heterocycles. The Balaban J connectivity index is 1.72. The molecule has 5 nitrogen and oxygen atoms in total. The monoisotopic (exact) mass is 336 g/mol. The van der Waals surface area contributed by atoms with E-state index < -0.39 is 0 Å². The summed E-state index contributed by atoms with van der Waals surface area (Å²) < 4.78 is 6.71. The number of halogens is 1. The summed E-state index contributed by atoms with van der Waals surface area (Å²) in [6.07, 6.45) is 2.23. The Morgan fingerprint density at radius 2 is 2.20 bits per heavy atom. The highest BCUT2D eigenvalue weighted by Crippen LogP contribution is 2.27. The van der Waals surface area contributed by atoms with E-state index in [4.69, 9.17) is 10.2 Å². The fraction of sp³-hybridized carbons (Fsp3) is 0.429. The summed E-state index contributed by atoms with van der Waals surface area (Å²) in [7, 11) is 0. The molecule has 1 atom stereocenters. The number of hydrogen-bond donors (Lipinski definition) is 1. The summed E-state index contributed by atoms with van der Waals surface area (Å²) in [5.41, 5.74) is 6.90. The second-order valence-electron chi connectivity index (χ2n) is 5.12. The topological polar surface area (TPSA) is 68.2 Å². The Kier molecular flexibility index (Phi) is 4.14. The molecule has 2 N–H and O–H groups in total. The van der Waals surface area contributed by atoms with Crippen LogP contribution in [0.4, 0.5) is 0 Å². The molecule has 1 fully saturated rings. The molecule has 1 unspecified atom stereocenters. The zero-order valence-electron chi connectivity index (χ0n) is 11.1. The van der Waals surface area contributed by atoms with E-state index in [1.807, 2.05) is 24.3 Å². The highest BCUT2D eigenvalue weighted by molar-refractivity contribution is 9.10. The van der Waals surface area contributed by atoms with Gasteiger partial charge >= 0.3 is 0 Å². The Hall–Kier alpha value is -1.24. The van der Waals surface area contributed by atoms with Gasteiger partial charge in [0.2, 0.25) is 11.8 Å². The van der Waals surface area contributed by atoms with Gasteiger partial charge in [-0.25, -0.2) is 0 Å². The average Bonchev–Trinajstić information content (AvgIpc) is 2.87. The Labute approximate surface area is 126 Å². The largest absolute Gasteiger partial charge is 0.419 e. The molecule has 0 spiro atoms. The van der Waals surface area contributed by atoms with Crippen LogP contribution >= 0.6 is 15.9 Å². The van der Waals surface area contributed by atoms with Crippen molar-refractivity contribution in [2.45, 2.75) is 25.4 Å². The molecule has 6 heteroatoms.